The predicted octanol–water partition coefficient (Wildman–Crippen LogP) is 3.81. The van der Waals surface area contributed by atoms with Crippen molar-refractivity contribution in [2.75, 3.05) is 39.7 Å². The van der Waals surface area contributed by atoms with E-state index in [1.54, 1.807) is 20.5 Å². The maximum atomic E-state index is 12.5. The van der Waals surface area contributed by atoms with Gasteiger partial charge in [0.05, 0.1) is 39.2 Å². The smallest absolute Gasteiger partial charge is 0.337 e. The Labute approximate surface area is 179 Å². The van der Waals surface area contributed by atoms with E-state index in [2.05, 4.69) is 31.9 Å². The van der Waals surface area contributed by atoms with Crippen molar-refractivity contribution in [1.29, 1.82) is 0 Å². The number of esters is 1. The van der Waals surface area contributed by atoms with Crippen LogP contribution in [0.15, 0.2) is 30.0 Å². The van der Waals surface area contributed by atoms with Crippen LogP contribution in [0.1, 0.15) is 23.7 Å². The number of carbonyl (C=O) groups is 1. The van der Waals surface area contributed by atoms with E-state index in [4.69, 9.17) is 14.2 Å². The van der Waals surface area contributed by atoms with E-state index in [0.29, 0.717) is 11.5 Å². The highest BCUT2D eigenvalue weighted by Crippen LogP contribution is 2.46. The molecule has 0 unspecified atom stereocenters. The van der Waals surface area contributed by atoms with E-state index in [-0.39, 0.29) is 17.9 Å². The van der Waals surface area contributed by atoms with E-state index in [1.165, 1.54) is 23.8 Å². The average Bonchev–Trinajstić information content (AvgIpc) is 3.15. The molecule has 0 aliphatic carbocycles. The minimum absolute atomic E-state index is 0.0577. The van der Waals surface area contributed by atoms with Crippen LogP contribution in [0.5, 0.6) is 5.75 Å². The molecular weight excluding hydrogens is 436 g/mol. The topological polar surface area (TPSA) is 63.8 Å². The molecule has 156 valence electrons. The molecule has 2 aliphatic rings. The summed E-state index contributed by atoms with van der Waals surface area (Å²) >= 11 is 3.67. The van der Waals surface area contributed by atoms with Crippen LogP contribution in [-0.4, -0.2) is 55.6 Å². The minimum atomic E-state index is -0.314. The molecule has 6 nitrogen and oxygen atoms in total. The quantitative estimate of drug-likeness (QED) is 0.316. The van der Waals surface area contributed by atoms with Crippen LogP contribution in [0.4, 0.5) is 0 Å². The number of halogens is 1. The zero-order chi connectivity index (χ0) is 20.5. The molecule has 29 heavy (non-hydrogen) atoms. The molecule has 2 aromatic rings. The first kappa shape index (κ1) is 20.3. The molecule has 1 aromatic carbocycles. The van der Waals surface area contributed by atoms with Crippen LogP contribution in [0, 0.1) is 11.8 Å². The van der Waals surface area contributed by atoms with E-state index >= 15 is 0 Å². The van der Waals surface area contributed by atoms with Crippen molar-refractivity contribution >= 4 is 32.8 Å². The second kappa shape index (κ2) is 8.40. The highest BCUT2D eigenvalue weighted by Gasteiger charge is 2.43. The van der Waals surface area contributed by atoms with Crippen LogP contribution in [0.25, 0.3) is 10.9 Å². The van der Waals surface area contributed by atoms with Crippen LogP contribution in [0.2, 0.25) is 0 Å². The standard InChI is InChI=1S/C22H27BrN2O4/c1-27-12-16(22(26)29-3)15-9-18-21-14(7-8-25(18)11-13(15)10-23)20-17(24-21)5-4-6-19(20)28-2/h4-6,12-13,15,18,24H,7-11H2,1-3H3/b16-12+/t13-,15+,18+/m1/s1. The number of alkyl halides is 1. The summed E-state index contributed by atoms with van der Waals surface area (Å²) in [5.74, 6) is 0.966. The van der Waals surface area contributed by atoms with Gasteiger partial charge < -0.3 is 19.2 Å². The van der Waals surface area contributed by atoms with Gasteiger partial charge in [-0.05, 0) is 36.5 Å². The fourth-order valence-corrected chi connectivity index (χ4v) is 5.68. The van der Waals surface area contributed by atoms with Crippen molar-refractivity contribution in [3.8, 4) is 5.75 Å². The van der Waals surface area contributed by atoms with E-state index in [1.807, 2.05) is 12.1 Å². The molecule has 3 heterocycles. The van der Waals surface area contributed by atoms with Gasteiger partial charge in [0, 0.05) is 40.9 Å². The van der Waals surface area contributed by atoms with Gasteiger partial charge in [-0.25, -0.2) is 4.79 Å². The Balaban J connectivity index is 1.76. The first-order valence-electron chi connectivity index (χ1n) is 9.91. The second-order valence-electron chi connectivity index (χ2n) is 7.72. The largest absolute Gasteiger partial charge is 0.504 e. The molecule has 0 radical (unpaired) electrons. The Bertz CT molecular complexity index is 938. The number of benzene rings is 1. The summed E-state index contributed by atoms with van der Waals surface area (Å²) in [4.78, 5) is 18.7. The number of aromatic amines is 1. The van der Waals surface area contributed by atoms with Crippen molar-refractivity contribution < 1.29 is 19.0 Å². The molecule has 1 aromatic heterocycles. The number of piperidine rings is 1. The van der Waals surface area contributed by atoms with Gasteiger partial charge in [0.2, 0.25) is 0 Å². The number of ether oxygens (including phenoxy) is 3. The number of hydrogen-bond acceptors (Lipinski definition) is 5. The van der Waals surface area contributed by atoms with Crippen molar-refractivity contribution in [1.82, 2.24) is 9.88 Å². The first-order valence-corrected chi connectivity index (χ1v) is 11.0. The summed E-state index contributed by atoms with van der Waals surface area (Å²) in [5, 5.41) is 2.01. The lowest BCUT2D eigenvalue weighted by atomic mass is 9.75. The predicted molar refractivity (Wildman–Crippen MR) is 115 cm³/mol. The lowest BCUT2D eigenvalue weighted by Crippen LogP contribution is -2.47. The Hall–Kier alpha value is -1.99. The minimum Gasteiger partial charge on any atom is -0.504 e. The van der Waals surface area contributed by atoms with Gasteiger partial charge in [-0.3, -0.25) is 4.90 Å². The van der Waals surface area contributed by atoms with Gasteiger partial charge in [-0.2, -0.15) is 0 Å². The second-order valence-corrected chi connectivity index (χ2v) is 8.37. The Morgan fingerprint density at radius 1 is 1.34 bits per heavy atom. The van der Waals surface area contributed by atoms with Crippen LogP contribution >= 0.6 is 15.9 Å². The Kier molecular flexibility index (Phi) is 5.88. The summed E-state index contributed by atoms with van der Waals surface area (Å²) in [5.41, 5.74) is 4.30. The number of carbonyl (C=O) groups excluding carboxylic acids is 1. The van der Waals surface area contributed by atoms with Crippen LogP contribution in [-0.2, 0) is 20.7 Å². The van der Waals surface area contributed by atoms with Crippen LogP contribution < -0.4 is 4.74 Å². The molecule has 2 aliphatic heterocycles. The fourth-order valence-electron chi connectivity index (χ4n) is 5.03. The number of hydrogen-bond donors (Lipinski definition) is 1. The van der Waals surface area contributed by atoms with Crippen molar-refractivity contribution in [3.05, 3.63) is 41.3 Å². The van der Waals surface area contributed by atoms with E-state index < -0.39 is 0 Å². The van der Waals surface area contributed by atoms with Gasteiger partial charge in [0.15, 0.2) is 0 Å². The average molecular weight is 463 g/mol. The Morgan fingerprint density at radius 3 is 2.86 bits per heavy atom. The highest BCUT2D eigenvalue weighted by atomic mass is 79.9. The lowest BCUT2D eigenvalue weighted by Gasteiger charge is -2.46. The van der Waals surface area contributed by atoms with Crippen molar-refractivity contribution in [3.63, 3.8) is 0 Å². The lowest BCUT2D eigenvalue weighted by molar-refractivity contribution is -0.137. The summed E-state index contributed by atoms with van der Waals surface area (Å²) < 4.78 is 15.9. The zero-order valence-electron chi connectivity index (χ0n) is 17.0. The van der Waals surface area contributed by atoms with Gasteiger partial charge >= 0.3 is 5.97 Å². The van der Waals surface area contributed by atoms with Gasteiger partial charge in [-0.15, -0.1) is 0 Å². The Morgan fingerprint density at radius 2 is 2.17 bits per heavy atom. The number of nitrogens with zero attached hydrogens (tertiary/aromatic N) is 1. The van der Waals surface area contributed by atoms with Crippen molar-refractivity contribution in [2.24, 2.45) is 11.8 Å². The summed E-state index contributed by atoms with van der Waals surface area (Å²) in [6, 6.07) is 6.36. The number of methoxy groups -OCH3 is 3. The number of aromatic nitrogens is 1. The summed E-state index contributed by atoms with van der Waals surface area (Å²) in [7, 11) is 4.72. The fraction of sp³-hybridized carbons (Fsp3) is 0.500. The normalized spacial score (nSPS) is 24.7. The molecule has 0 amide bonds. The maximum Gasteiger partial charge on any atom is 0.337 e. The molecule has 3 atom stereocenters. The summed E-state index contributed by atoms with van der Waals surface area (Å²) in [6.07, 6.45) is 3.38. The van der Waals surface area contributed by atoms with E-state index in [0.717, 1.165) is 42.5 Å². The highest BCUT2D eigenvalue weighted by molar-refractivity contribution is 9.09. The molecule has 0 saturated carbocycles. The first-order chi connectivity index (χ1) is 14.1. The number of nitrogens with one attached hydrogen (secondary N) is 1. The number of H-pyrrole nitrogens is 1. The van der Waals surface area contributed by atoms with Crippen molar-refractivity contribution in [2.45, 2.75) is 18.9 Å². The third-order valence-corrected chi connectivity index (χ3v) is 7.18. The van der Waals surface area contributed by atoms with Gasteiger partial charge in [0.1, 0.15) is 5.75 Å². The van der Waals surface area contributed by atoms with Crippen LogP contribution in [0.3, 0.4) is 0 Å². The monoisotopic (exact) mass is 462 g/mol. The SMILES string of the molecule is CO/C=C(/C(=O)OC)[C@H]1C[C@H]2c3[nH]c4cccc(OC)c4c3CCN2C[C@H]1CBr. The molecule has 1 saturated heterocycles. The van der Waals surface area contributed by atoms with E-state index in [9.17, 15) is 4.79 Å². The number of rotatable bonds is 5. The maximum absolute atomic E-state index is 12.5. The molecule has 1 fully saturated rings. The third-order valence-electron chi connectivity index (χ3n) is 6.34. The molecule has 7 heteroatoms. The number of fused-ring (bicyclic) bond motifs is 5. The third kappa shape index (κ3) is 3.44. The van der Waals surface area contributed by atoms with Gasteiger partial charge in [0.25, 0.3) is 0 Å². The molecule has 1 N–H and O–H groups in total. The molecule has 0 spiro atoms. The molecule has 4 rings (SSSR count). The zero-order valence-corrected chi connectivity index (χ0v) is 18.6. The van der Waals surface area contributed by atoms with Gasteiger partial charge in [-0.1, -0.05) is 22.0 Å². The molecule has 0 bridgehead atoms. The molecular formula is C22H27BrN2O4. The summed E-state index contributed by atoms with van der Waals surface area (Å²) in [6.45, 7) is 1.92.